The number of hydrogen-bond acceptors (Lipinski definition) is 3. The minimum absolute atomic E-state index is 0. The van der Waals surface area contributed by atoms with Gasteiger partial charge in [0.05, 0.1) is 13.2 Å². The van der Waals surface area contributed by atoms with Crippen molar-refractivity contribution >= 4 is 12.4 Å². The summed E-state index contributed by atoms with van der Waals surface area (Å²) in [5.41, 5.74) is 7.14. The minimum Gasteiger partial charge on any atom is -0.494 e. The molecule has 0 fully saturated rings. The van der Waals surface area contributed by atoms with Crippen molar-refractivity contribution in [2.45, 2.75) is 39.7 Å². The van der Waals surface area contributed by atoms with Gasteiger partial charge in [-0.05, 0) is 38.3 Å². The third-order valence-corrected chi connectivity index (χ3v) is 2.66. The van der Waals surface area contributed by atoms with E-state index in [2.05, 4.69) is 6.92 Å². The zero-order chi connectivity index (χ0) is 12.7. The Labute approximate surface area is 116 Å². The van der Waals surface area contributed by atoms with Crippen LogP contribution in [-0.2, 0) is 6.42 Å². The number of halogens is 1. The molecule has 1 atom stereocenters. The second-order valence-corrected chi connectivity index (χ2v) is 4.01. The van der Waals surface area contributed by atoms with Crippen LogP contribution in [0.25, 0.3) is 0 Å². The number of ether oxygens (including phenoxy) is 2. The van der Waals surface area contributed by atoms with Gasteiger partial charge in [0, 0.05) is 12.1 Å². The fourth-order valence-corrected chi connectivity index (χ4v) is 1.68. The molecule has 0 radical (unpaired) electrons. The molecule has 0 aliphatic carbocycles. The van der Waals surface area contributed by atoms with E-state index >= 15 is 0 Å². The molecule has 1 rings (SSSR count). The van der Waals surface area contributed by atoms with Gasteiger partial charge in [-0.3, -0.25) is 0 Å². The van der Waals surface area contributed by atoms with Crippen molar-refractivity contribution in [2.24, 2.45) is 5.73 Å². The van der Waals surface area contributed by atoms with E-state index in [0.29, 0.717) is 13.2 Å². The quantitative estimate of drug-likeness (QED) is 0.830. The lowest BCUT2D eigenvalue weighted by Gasteiger charge is -2.15. The summed E-state index contributed by atoms with van der Waals surface area (Å²) < 4.78 is 11.1. The monoisotopic (exact) mass is 273 g/mol. The summed E-state index contributed by atoms with van der Waals surface area (Å²) in [4.78, 5) is 0. The number of rotatable bonds is 7. The number of hydrogen-bond donors (Lipinski definition) is 1. The maximum atomic E-state index is 5.98. The van der Waals surface area contributed by atoms with Crippen LogP contribution in [0.15, 0.2) is 18.2 Å². The van der Waals surface area contributed by atoms with Crippen molar-refractivity contribution in [1.29, 1.82) is 0 Å². The summed E-state index contributed by atoms with van der Waals surface area (Å²) in [6.45, 7) is 7.38. The molecule has 0 amide bonds. The highest BCUT2D eigenvalue weighted by Crippen LogP contribution is 2.26. The molecule has 0 spiro atoms. The Kier molecular flexibility index (Phi) is 8.59. The zero-order valence-electron chi connectivity index (χ0n) is 11.4. The van der Waals surface area contributed by atoms with Gasteiger partial charge in [0.2, 0.25) is 0 Å². The molecule has 1 unspecified atom stereocenters. The third kappa shape index (κ3) is 5.15. The lowest BCUT2D eigenvalue weighted by Crippen LogP contribution is -2.21. The van der Waals surface area contributed by atoms with Crippen LogP contribution < -0.4 is 15.2 Å². The van der Waals surface area contributed by atoms with Crippen molar-refractivity contribution in [3.05, 3.63) is 23.8 Å². The van der Waals surface area contributed by atoms with Crippen LogP contribution in [0.1, 0.15) is 32.8 Å². The summed E-state index contributed by atoms with van der Waals surface area (Å²) in [7, 11) is 0. The lowest BCUT2D eigenvalue weighted by atomic mass is 10.0. The SMILES string of the molecule is CCOc1ccc(CC(N)CC)c(OCC)c1.Cl. The molecule has 0 saturated carbocycles. The van der Waals surface area contributed by atoms with Gasteiger partial charge in [0.25, 0.3) is 0 Å². The summed E-state index contributed by atoms with van der Waals surface area (Å²) in [5.74, 6) is 1.74. The predicted molar refractivity (Wildman–Crippen MR) is 78.0 cm³/mol. The van der Waals surface area contributed by atoms with Crippen LogP contribution in [-0.4, -0.2) is 19.3 Å². The van der Waals surface area contributed by atoms with Gasteiger partial charge < -0.3 is 15.2 Å². The molecule has 2 N–H and O–H groups in total. The average Bonchev–Trinajstić information content (AvgIpc) is 2.33. The topological polar surface area (TPSA) is 44.5 Å². The van der Waals surface area contributed by atoms with Crippen molar-refractivity contribution in [3.8, 4) is 11.5 Å². The highest BCUT2D eigenvalue weighted by Gasteiger charge is 2.09. The molecule has 0 bridgehead atoms. The third-order valence-electron chi connectivity index (χ3n) is 2.66. The van der Waals surface area contributed by atoms with Crippen molar-refractivity contribution < 1.29 is 9.47 Å². The van der Waals surface area contributed by atoms with Gasteiger partial charge in [-0.1, -0.05) is 13.0 Å². The Morgan fingerprint density at radius 1 is 1.11 bits per heavy atom. The molecule has 0 aromatic heterocycles. The normalized spacial score (nSPS) is 11.6. The number of benzene rings is 1. The smallest absolute Gasteiger partial charge is 0.126 e. The van der Waals surface area contributed by atoms with Crippen molar-refractivity contribution in [2.75, 3.05) is 13.2 Å². The van der Waals surface area contributed by atoms with Crippen LogP contribution in [0.3, 0.4) is 0 Å². The van der Waals surface area contributed by atoms with E-state index in [-0.39, 0.29) is 18.4 Å². The maximum absolute atomic E-state index is 5.98. The summed E-state index contributed by atoms with van der Waals surface area (Å²) in [6.07, 6.45) is 1.82. The Hall–Kier alpha value is -0.930. The standard InChI is InChI=1S/C14H23NO2.ClH/c1-4-12(15)9-11-7-8-13(16-5-2)10-14(11)17-6-3;/h7-8,10,12H,4-6,9,15H2,1-3H3;1H. The first kappa shape index (κ1) is 17.1. The van der Waals surface area contributed by atoms with E-state index in [0.717, 1.165) is 29.9 Å². The molecule has 18 heavy (non-hydrogen) atoms. The highest BCUT2D eigenvalue weighted by atomic mass is 35.5. The molecule has 1 aromatic carbocycles. The second-order valence-electron chi connectivity index (χ2n) is 4.01. The average molecular weight is 274 g/mol. The van der Waals surface area contributed by atoms with Gasteiger partial charge in [-0.2, -0.15) is 0 Å². The van der Waals surface area contributed by atoms with Gasteiger partial charge in [0.15, 0.2) is 0 Å². The fraction of sp³-hybridized carbons (Fsp3) is 0.571. The molecule has 104 valence electrons. The first-order valence-electron chi connectivity index (χ1n) is 6.35. The molecular formula is C14H24ClNO2. The van der Waals surface area contributed by atoms with E-state index in [4.69, 9.17) is 15.2 Å². The van der Waals surface area contributed by atoms with E-state index in [9.17, 15) is 0 Å². The van der Waals surface area contributed by atoms with E-state index in [1.807, 2.05) is 32.0 Å². The summed E-state index contributed by atoms with van der Waals surface area (Å²) in [6, 6.07) is 6.16. The maximum Gasteiger partial charge on any atom is 0.126 e. The van der Waals surface area contributed by atoms with Crippen LogP contribution >= 0.6 is 12.4 Å². The van der Waals surface area contributed by atoms with Crippen molar-refractivity contribution in [1.82, 2.24) is 0 Å². The second kappa shape index (κ2) is 9.06. The fourth-order valence-electron chi connectivity index (χ4n) is 1.68. The van der Waals surface area contributed by atoms with Crippen LogP contribution in [0.4, 0.5) is 0 Å². The summed E-state index contributed by atoms with van der Waals surface area (Å²) in [5, 5.41) is 0. The predicted octanol–water partition coefficient (Wildman–Crippen LogP) is 3.19. The lowest BCUT2D eigenvalue weighted by molar-refractivity contribution is 0.320. The van der Waals surface area contributed by atoms with Gasteiger partial charge in [0.1, 0.15) is 11.5 Å². The molecule has 4 heteroatoms. The van der Waals surface area contributed by atoms with Gasteiger partial charge in [-0.25, -0.2) is 0 Å². The molecule has 1 aromatic rings. The Bertz CT molecular complexity index is 345. The first-order valence-corrected chi connectivity index (χ1v) is 6.35. The molecule has 0 aliphatic heterocycles. The van der Waals surface area contributed by atoms with Crippen molar-refractivity contribution in [3.63, 3.8) is 0 Å². The Morgan fingerprint density at radius 3 is 2.33 bits per heavy atom. The number of nitrogens with two attached hydrogens (primary N) is 1. The van der Waals surface area contributed by atoms with E-state index < -0.39 is 0 Å². The Balaban J connectivity index is 0.00000289. The largest absolute Gasteiger partial charge is 0.494 e. The molecule has 0 heterocycles. The molecular weight excluding hydrogens is 250 g/mol. The molecule has 3 nitrogen and oxygen atoms in total. The first-order chi connectivity index (χ1) is 8.21. The molecule has 0 aliphatic rings. The minimum atomic E-state index is 0. The van der Waals surface area contributed by atoms with Gasteiger partial charge >= 0.3 is 0 Å². The van der Waals surface area contributed by atoms with Crippen LogP contribution in [0.2, 0.25) is 0 Å². The van der Waals surface area contributed by atoms with Gasteiger partial charge in [-0.15, -0.1) is 12.4 Å². The highest BCUT2D eigenvalue weighted by molar-refractivity contribution is 5.85. The van der Waals surface area contributed by atoms with E-state index in [1.54, 1.807) is 0 Å². The zero-order valence-corrected chi connectivity index (χ0v) is 12.3. The van der Waals surface area contributed by atoms with E-state index in [1.165, 1.54) is 0 Å². The Morgan fingerprint density at radius 2 is 1.78 bits per heavy atom. The summed E-state index contributed by atoms with van der Waals surface area (Å²) >= 11 is 0. The van der Waals surface area contributed by atoms with Crippen LogP contribution in [0, 0.1) is 0 Å². The van der Waals surface area contributed by atoms with Crippen LogP contribution in [0.5, 0.6) is 11.5 Å². The molecule has 0 saturated heterocycles.